The van der Waals surface area contributed by atoms with Gasteiger partial charge in [-0.05, 0) is 35.7 Å². The molecule has 1 N–H and O–H groups in total. The number of rotatable bonds is 6. The highest BCUT2D eigenvalue weighted by Gasteiger charge is 2.11. The first-order chi connectivity index (χ1) is 11.5. The molecule has 2 aromatic carbocycles. The molecule has 0 aliphatic rings. The number of amides is 2. The first kappa shape index (κ1) is 18.0. The fourth-order valence-electron chi connectivity index (χ4n) is 2.40. The van der Waals surface area contributed by atoms with Crippen molar-refractivity contribution in [2.75, 3.05) is 14.1 Å². The van der Waals surface area contributed by atoms with Crippen LogP contribution in [0.3, 0.4) is 0 Å². The van der Waals surface area contributed by atoms with Gasteiger partial charge in [-0.3, -0.25) is 9.59 Å². The van der Waals surface area contributed by atoms with Gasteiger partial charge in [-0.2, -0.15) is 0 Å². The molecule has 0 spiro atoms. The topological polar surface area (TPSA) is 49.4 Å². The first-order valence-corrected chi connectivity index (χ1v) is 8.17. The van der Waals surface area contributed by atoms with Gasteiger partial charge in [0.25, 0.3) is 5.91 Å². The Labute approximate surface area is 147 Å². The summed E-state index contributed by atoms with van der Waals surface area (Å²) in [5, 5.41) is 3.27. The van der Waals surface area contributed by atoms with Crippen LogP contribution in [-0.2, 0) is 17.8 Å². The molecular weight excluding hydrogens is 324 g/mol. The molecule has 0 bridgehead atoms. The number of carbonyl (C=O) groups excluding carboxylic acids is 2. The van der Waals surface area contributed by atoms with E-state index in [9.17, 15) is 9.59 Å². The summed E-state index contributed by atoms with van der Waals surface area (Å²) in [5.74, 6) is -0.0592. The van der Waals surface area contributed by atoms with Crippen molar-refractivity contribution < 1.29 is 9.59 Å². The number of nitrogens with zero attached hydrogens (tertiary/aromatic N) is 1. The van der Waals surface area contributed by atoms with Crippen molar-refractivity contribution in [3.8, 4) is 0 Å². The average molecular weight is 345 g/mol. The highest BCUT2D eigenvalue weighted by Crippen LogP contribution is 2.17. The Balaban J connectivity index is 1.89. The molecule has 0 aliphatic heterocycles. The molecule has 0 saturated carbocycles. The standard InChI is InChI=1S/C19H21ClN2O2/c1-21-19(24)16-9-7-14(8-10-16)13-22(2)18(23)12-11-15-5-3-4-6-17(15)20/h3-10H,11-13H2,1-2H3,(H,21,24). The second-order valence-corrected chi connectivity index (χ2v) is 6.02. The van der Waals surface area contributed by atoms with Crippen LogP contribution in [0.4, 0.5) is 0 Å². The van der Waals surface area contributed by atoms with Gasteiger partial charge in [0.15, 0.2) is 0 Å². The van der Waals surface area contributed by atoms with Gasteiger partial charge in [0, 0.05) is 37.6 Å². The van der Waals surface area contributed by atoms with Crippen molar-refractivity contribution in [3.05, 3.63) is 70.2 Å². The largest absolute Gasteiger partial charge is 0.355 e. The van der Waals surface area contributed by atoms with E-state index in [1.807, 2.05) is 36.4 Å². The second kappa shape index (κ2) is 8.50. The van der Waals surface area contributed by atoms with E-state index in [0.29, 0.717) is 30.0 Å². The molecule has 2 rings (SSSR count). The molecule has 0 aliphatic carbocycles. The lowest BCUT2D eigenvalue weighted by molar-refractivity contribution is -0.130. The Morgan fingerprint density at radius 1 is 1.08 bits per heavy atom. The molecule has 126 valence electrons. The minimum atomic E-state index is -0.120. The van der Waals surface area contributed by atoms with Crippen molar-refractivity contribution in [2.45, 2.75) is 19.4 Å². The third kappa shape index (κ3) is 4.83. The van der Waals surface area contributed by atoms with E-state index in [4.69, 9.17) is 11.6 Å². The van der Waals surface area contributed by atoms with Gasteiger partial charge in [0.05, 0.1) is 0 Å². The lowest BCUT2D eigenvalue weighted by Gasteiger charge is -2.17. The van der Waals surface area contributed by atoms with E-state index in [1.54, 1.807) is 31.1 Å². The van der Waals surface area contributed by atoms with Gasteiger partial charge >= 0.3 is 0 Å². The Morgan fingerprint density at radius 3 is 2.38 bits per heavy atom. The van der Waals surface area contributed by atoms with Crippen molar-refractivity contribution >= 4 is 23.4 Å². The Morgan fingerprint density at radius 2 is 1.75 bits per heavy atom. The van der Waals surface area contributed by atoms with Crippen LogP contribution in [0.5, 0.6) is 0 Å². The van der Waals surface area contributed by atoms with Gasteiger partial charge in [0.1, 0.15) is 0 Å². The lowest BCUT2D eigenvalue weighted by atomic mass is 10.1. The molecule has 4 nitrogen and oxygen atoms in total. The molecule has 0 radical (unpaired) electrons. The fraction of sp³-hybridized carbons (Fsp3) is 0.263. The number of carbonyl (C=O) groups is 2. The molecule has 0 saturated heterocycles. The number of benzene rings is 2. The van der Waals surface area contributed by atoms with Crippen molar-refractivity contribution in [2.24, 2.45) is 0 Å². The van der Waals surface area contributed by atoms with E-state index in [0.717, 1.165) is 11.1 Å². The first-order valence-electron chi connectivity index (χ1n) is 7.79. The number of hydrogen-bond donors (Lipinski definition) is 1. The molecule has 0 fully saturated rings. The van der Waals surface area contributed by atoms with Crippen LogP contribution in [0.2, 0.25) is 5.02 Å². The molecule has 0 atom stereocenters. The summed E-state index contributed by atoms with van der Waals surface area (Å²) in [7, 11) is 3.38. The van der Waals surface area contributed by atoms with Crippen LogP contribution in [0.1, 0.15) is 27.9 Å². The summed E-state index contributed by atoms with van der Waals surface area (Å²) in [6.45, 7) is 0.509. The second-order valence-electron chi connectivity index (χ2n) is 5.62. The summed E-state index contributed by atoms with van der Waals surface area (Å²) >= 11 is 6.11. The Hall–Kier alpha value is -2.33. The van der Waals surface area contributed by atoms with E-state index in [1.165, 1.54) is 0 Å². The minimum absolute atomic E-state index is 0.0605. The third-order valence-corrected chi connectivity index (χ3v) is 4.22. The average Bonchev–Trinajstić information content (AvgIpc) is 2.60. The predicted molar refractivity (Wildman–Crippen MR) is 96.1 cm³/mol. The fourth-order valence-corrected chi connectivity index (χ4v) is 2.63. The van der Waals surface area contributed by atoms with Gasteiger partial charge in [-0.15, -0.1) is 0 Å². The lowest BCUT2D eigenvalue weighted by Crippen LogP contribution is -2.26. The zero-order chi connectivity index (χ0) is 17.5. The zero-order valence-corrected chi connectivity index (χ0v) is 14.6. The van der Waals surface area contributed by atoms with Crippen molar-refractivity contribution in [3.63, 3.8) is 0 Å². The van der Waals surface area contributed by atoms with E-state index >= 15 is 0 Å². The summed E-state index contributed by atoms with van der Waals surface area (Å²) in [4.78, 5) is 25.5. The number of aryl methyl sites for hydroxylation is 1. The van der Waals surface area contributed by atoms with E-state index in [-0.39, 0.29) is 11.8 Å². The smallest absolute Gasteiger partial charge is 0.251 e. The molecule has 24 heavy (non-hydrogen) atoms. The van der Waals surface area contributed by atoms with Crippen LogP contribution < -0.4 is 5.32 Å². The maximum atomic E-state index is 12.3. The Kier molecular flexibility index (Phi) is 6.38. The van der Waals surface area contributed by atoms with Crippen molar-refractivity contribution in [1.29, 1.82) is 0 Å². The molecule has 2 aromatic rings. The van der Waals surface area contributed by atoms with Gasteiger partial charge in [0.2, 0.25) is 5.91 Å². The Bertz CT molecular complexity index is 714. The van der Waals surface area contributed by atoms with E-state index < -0.39 is 0 Å². The normalized spacial score (nSPS) is 10.3. The van der Waals surface area contributed by atoms with Crippen molar-refractivity contribution in [1.82, 2.24) is 10.2 Å². The van der Waals surface area contributed by atoms with Crippen LogP contribution >= 0.6 is 11.6 Å². The number of hydrogen-bond acceptors (Lipinski definition) is 2. The van der Waals surface area contributed by atoms with E-state index in [2.05, 4.69) is 5.32 Å². The SMILES string of the molecule is CNC(=O)c1ccc(CN(C)C(=O)CCc2ccccc2Cl)cc1. The van der Waals surface area contributed by atoms with Crippen LogP contribution in [0, 0.1) is 0 Å². The zero-order valence-electron chi connectivity index (χ0n) is 13.9. The molecule has 0 unspecified atom stereocenters. The van der Waals surface area contributed by atoms with Crippen LogP contribution in [-0.4, -0.2) is 30.8 Å². The highest BCUT2D eigenvalue weighted by molar-refractivity contribution is 6.31. The summed E-state index contributed by atoms with van der Waals surface area (Å²) in [5.41, 5.74) is 2.57. The maximum Gasteiger partial charge on any atom is 0.251 e. The quantitative estimate of drug-likeness (QED) is 0.874. The van der Waals surface area contributed by atoms with Gasteiger partial charge in [-0.1, -0.05) is 41.9 Å². The maximum absolute atomic E-state index is 12.3. The predicted octanol–water partition coefficient (Wildman–Crippen LogP) is 3.29. The number of halogens is 1. The molecule has 0 aromatic heterocycles. The third-order valence-electron chi connectivity index (χ3n) is 3.85. The molecular formula is C19H21ClN2O2. The summed E-state index contributed by atoms with van der Waals surface area (Å²) in [6.07, 6.45) is 1.04. The molecule has 5 heteroatoms. The highest BCUT2D eigenvalue weighted by atomic mass is 35.5. The van der Waals surface area contributed by atoms with Gasteiger partial charge < -0.3 is 10.2 Å². The van der Waals surface area contributed by atoms with Crippen LogP contribution in [0.15, 0.2) is 48.5 Å². The number of nitrogens with one attached hydrogen (secondary N) is 1. The van der Waals surface area contributed by atoms with Gasteiger partial charge in [-0.25, -0.2) is 0 Å². The minimum Gasteiger partial charge on any atom is -0.355 e. The molecule has 0 heterocycles. The summed E-state index contributed by atoms with van der Waals surface area (Å²) < 4.78 is 0. The summed E-state index contributed by atoms with van der Waals surface area (Å²) in [6, 6.07) is 14.8. The van der Waals surface area contributed by atoms with Crippen LogP contribution in [0.25, 0.3) is 0 Å². The monoisotopic (exact) mass is 344 g/mol. The molecule has 2 amide bonds.